The van der Waals surface area contributed by atoms with Crippen LogP contribution in [0.5, 0.6) is 0 Å². The molecule has 1 aromatic carbocycles. The predicted molar refractivity (Wildman–Crippen MR) is 72.1 cm³/mol. The molecule has 0 N–H and O–H groups in total. The molecule has 0 saturated carbocycles. The minimum absolute atomic E-state index is 0.0606. The molecule has 1 atom stereocenters. The molecule has 0 aromatic heterocycles. The van der Waals surface area contributed by atoms with Crippen LogP contribution in [0.2, 0.25) is 5.02 Å². The van der Waals surface area contributed by atoms with E-state index in [1.807, 2.05) is 12.1 Å². The maximum absolute atomic E-state index is 11.3. The van der Waals surface area contributed by atoms with Crippen LogP contribution in [0.25, 0.3) is 0 Å². The van der Waals surface area contributed by atoms with Gasteiger partial charge >= 0.3 is 0 Å². The molecular formula is C14H18ClNO. The van der Waals surface area contributed by atoms with Gasteiger partial charge in [-0.25, -0.2) is 0 Å². The zero-order valence-electron chi connectivity index (χ0n) is 10.4. The highest BCUT2D eigenvalue weighted by Gasteiger charge is 2.18. The highest BCUT2D eigenvalue weighted by atomic mass is 35.5. The first kappa shape index (κ1) is 12.4. The number of Topliss-reactive ketones (excluding diaryl/α,β-unsaturated/α-hetero) is 1. The van der Waals surface area contributed by atoms with E-state index in [1.165, 1.54) is 12.8 Å². The number of halogens is 1. The summed E-state index contributed by atoms with van der Waals surface area (Å²) in [5, 5.41) is 0.687. The Bertz CT molecular complexity index is 430. The average Bonchev–Trinajstić information content (AvgIpc) is 2.28. The van der Waals surface area contributed by atoms with Crippen molar-refractivity contribution in [3.63, 3.8) is 0 Å². The fourth-order valence-electron chi connectivity index (χ4n) is 2.39. The van der Waals surface area contributed by atoms with Crippen LogP contribution in [0.15, 0.2) is 18.2 Å². The fourth-order valence-corrected chi connectivity index (χ4v) is 2.69. The van der Waals surface area contributed by atoms with Gasteiger partial charge in [0.1, 0.15) is 0 Å². The summed E-state index contributed by atoms with van der Waals surface area (Å²) >= 11 is 6.26. The van der Waals surface area contributed by atoms with Gasteiger partial charge in [0.25, 0.3) is 0 Å². The second-order valence-electron chi connectivity index (χ2n) is 4.92. The van der Waals surface area contributed by atoms with Gasteiger partial charge in [-0.05, 0) is 43.9 Å². The van der Waals surface area contributed by atoms with Gasteiger partial charge in [-0.15, -0.1) is 0 Å². The number of nitrogens with zero attached hydrogens (tertiary/aromatic N) is 1. The molecular weight excluding hydrogens is 234 g/mol. The van der Waals surface area contributed by atoms with Gasteiger partial charge < -0.3 is 4.90 Å². The van der Waals surface area contributed by atoms with E-state index in [0.717, 1.165) is 18.8 Å². The molecule has 1 aromatic rings. The van der Waals surface area contributed by atoms with E-state index < -0.39 is 0 Å². The Hall–Kier alpha value is -1.02. The van der Waals surface area contributed by atoms with E-state index in [0.29, 0.717) is 16.5 Å². The van der Waals surface area contributed by atoms with Gasteiger partial charge in [0.15, 0.2) is 5.78 Å². The van der Waals surface area contributed by atoms with Crippen molar-refractivity contribution in [1.82, 2.24) is 0 Å². The van der Waals surface area contributed by atoms with Crippen molar-refractivity contribution in [2.45, 2.75) is 26.7 Å². The first-order chi connectivity index (χ1) is 8.08. The Morgan fingerprint density at radius 3 is 2.82 bits per heavy atom. The normalized spacial score (nSPS) is 20.4. The van der Waals surface area contributed by atoms with Gasteiger partial charge in [-0.1, -0.05) is 18.5 Å². The summed E-state index contributed by atoms with van der Waals surface area (Å²) in [7, 11) is 0. The van der Waals surface area contributed by atoms with Crippen LogP contribution >= 0.6 is 11.6 Å². The molecule has 1 fully saturated rings. The molecule has 1 aliphatic heterocycles. The molecule has 2 nitrogen and oxygen atoms in total. The molecule has 1 aliphatic rings. The quantitative estimate of drug-likeness (QED) is 0.746. The molecule has 0 radical (unpaired) electrons. The third-order valence-electron chi connectivity index (χ3n) is 3.35. The lowest BCUT2D eigenvalue weighted by atomic mass is 9.99. The summed E-state index contributed by atoms with van der Waals surface area (Å²) in [5.74, 6) is 0.776. The SMILES string of the molecule is CC(=O)c1ccc(N2CCCC(C)C2)c(Cl)c1. The van der Waals surface area contributed by atoms with Crippen molar-refractivity contribution in [1.29, 1.82) is 0 Å². The molecule has 0 bridgehead atoms. The molecule has 0 aliphatic carbocycles. The fraction of sp³-hybridized carbons (Fsp3) is 0.500. The van der Waals surface area contributed by atoms with Crippen LogP contribution in [0, 0.1) is 5.92 Å². The summed E-state index contributed by atoms with van der Waals surface area (Å²) < 4.78 is 0. The summed E-state index contributed by atoms with van der Waals surface area (Å²) in [5.41, 5.74) is 1.74. The third-order valence-corrected chi connectivity index (χ3v) is 3.65. The van der Waals surface area contributed by atoms with E-state index in [1.54, 1.807) is 13.0 Å². The number of hydrogen-bond acceptors (Lipinski definition) is 2. The number of piperidine rings is 1. The number of rotatable bonds is 2. The Morgan fingerprint density at radius 2 is 2.24 bits per heavy atom. The van der Waals surface area contributed by atoms with E-state index in [2.05, 4.69) is 11.8 Å². The van der Waals surface area contributed by atoms with Gasteiger partial charge in [-0.3, -0.25) is 4.79 Å². The van der Waals surface area contributed by atoms with Gasteiger partial charge in [0.05, 0.1) is 10.7 Å². The van der Waals surface area contributed by atoms with Crippen molar-refractivity contribution in [2.24, 2.45) is 5.92 Å². The number of anilines is 1. The highest BCUT2D eigenvalue weighted by molar-refractivity contribution is 6.33. The van der Waals surface area contributed by atoms with E-state index in [-0.39, 0.29) is 5.78 Å². The number of hydrogen-bond donors (Lipinski definition) is 0. The molecule has 17 heavy (non-hydrogen) atoms. The van der Waals surface area contributed by atoms with Crippen LogP contribution < -0.4 is 4.90 Å². The van der Waals surface area contributed by atoms with Gasteiger partial charge in [0, 0.05) is 18.7 Å². The molecule has 3 heteroatoms. The first-order valence-corrected chi connectivity index (χ1v) is 6.51. The van der Waals surface area contributed by atoms with Crippen molar-refractivity contribution >= 4 is 23.1 Å². The number of ketones is 1. The molecule has 1 heterocycles. The second kappa shape index (κ2) is 5.09. The van der Waals surface area contributed by atoms with E-state index in [9.17, 15) is 4.79 Å². The van der Waals surface area contributed by atoms with Crippen molar-refractivity contribution in [3.8, 4) is 0 Å². The minimum atomic E-state index is 0.0606. The second-order valence-corrected chi connectivity index (χ2v) is 5.32. The zero-order chi connectivity index (χ0) is 12.4. The first-order valence-electron chi connectivity index (χ1n) is 6.13. The van der Waals surface area contributed by atoms with Crippen LogP contribution in [0.1, 0.15) is 37.0 Å². The Balaban J connectivity index is 2.23. The predicted octanol–water partition coefficient (Wildman–Crippen LogP) is 3.78. The Labute approximate surface area is 108 Å². The molecule has 1 saturated heterocycles. The number of benzene rings is 1. The van der Waals surface area contributed by atoms with Crippen molar-refractivity contribution in [2.75, 3.05) is 18.0 Å². The standard InChI is InChI=1S/C14H18ClNO/c1-10-4-3-7-16(9-10)14-6-5-12(11(2)17)8-13(14)15/h5-6,8,10H,3-4,7,9H2,1-2H3. The summed E-state index contributed by atoms with van der Waals surface area (Å²) in [6.45, 7) is 5.95. The Morgan fingerprint density at radius 1 is 1.47 bits per heavy atom. The summed E-state index contributed by atoms with van der Waals surface area (Å²) in [6.07, 6.45) is 2.51. The molecule has 92 valence electrons. The van der Waals surface area contributed by atoms with E-state index >= 15 is 0 Å². The smallest absolute Gasteiger partial charge is 0.159 e. The summed E-state index contributed by atoms with van der Waals surface area (Å²) in [4.78, 5) is 13.6. The summed E-state index contributed by atoms with van der Waals surface area (Å²) in [6, 6.07) is 5.61. The average molecular weight is 252 g/mol. The third kappa shape index (κ3) is 2.81. The van der Waals surface area contributed by atoms with Crippen molar-refractivity contribution < 1.29 is 4.79 Å². The maximum atomic E-state index is 11.3. The minimum Gasteiger partial charge on any atom is -0.370 e. The molecule has 0 amide bonds. The Kier molecular flexibility index (Phi) is 3.72. The topological polar surface area (TPSA) is 20.3 Å². The molecule has 2 rings (SSSR count). The van der Waals surface area contributed by atoms with Crippen LogP contribution in [-0.4, -0.2) is 18.9 Å². The van der Waals surface area contributed by atoms with Crippen LogP contribution in [-0.2, 0) is 0 Å². The number of carbonyl (C=O) groups excluding carboxylic acids is 1. The lowest BCUT2D eigenvalue weighted by molar-refractivity contribution is 0.101. The molecule has 0 spiro atoms. The van der Waals surface area contributed by atoms with Crippen molar-refractivity contribution in [3.05, 3.63) is 28.8 Å². The van der Waals surface area contributed by atoms with Crippen LogP contribution in [0.4, 0.5) is 5.69 Å². The lowest BCUT2D eigenvalue weighted by Gasteiger charge is -2.33. The van der Waals surface area contributed by atoms with E-state index in [4.69, 9.17) is 11.6 Å². The van der Waals surface area contributed by atoms with Crippen LogP contribution in [0.3, 0.4) is 0 Å². The largest absolute Gasteiger partial charge is 0.370 e. The van der Waals surface area contributed by atoms with Gasteiger partial charge in [0.2, 0.25) is 0 Å². The van der Waals surface area contributed by atoms with Gasteiger partial charge in [-0.2, -0.15) is 0 Å². The molecule has 1 unspecified atom stereocenters. The lowest BCUT2D eigenvalue weighted by Crippen LogP contribution is -2.34. The zero-order valence-corrected chi connectivity index (χ0v) is 11.1. The monoisotopic (exact) mass is 251 g/mol. The number of carbonyl (C=O) groups is 1. The maximum Gasteiger partial charge on any atom is 0.159 e. The highest BCUT2D eigenvalue weighted by Crippen LogP contribution is 2.30.